The first-order valence-electron chi connectivity index (χ1n) is 21.8. The van der Waals surface area contributed by atoms with E-state index >= 15 is 0 Å². The standard InChI is InChI=1S/C59H44N2S2/c1-58(2,3)39-31-33-46-54(37-39)63-53-36-35-51(57(56(46)53)61(41-21-9-5-10-22-41)42-23-11-6-12-24-42)60(40-19-7-4-8-20-40)43-32-34-50-55(38-43)62-52-30-18-17-29-49(52)59(50)47-27-15-13-25-44(47)45-26-14-16-28-48(45)59/h4-38H,1-3H3. The summed E-state index contributed by atoms with van der Waals surface area (Å²) >= 11 is 3.78. The largest absolute Gasteiger partial charge is 0.308 e. The molecule has 1 aliphatic carbocycles. The van der Waals surface area contributed by atoms with E-state index in [2.05, 4.69) is 243 Å². The van der Waals surface area contributed by atoms with Gasteiger partial charge in [-0.2, -0.15) is 0 Å². The van der Waals surface area contributed by atoms with Crippen molar-refractivity contribution in [3.63, 3.8) is 0 Å². The van der Waals surface area contributed by atoms with E-state index in [0.717, 1.165) is 34.1 Å². The van der Waals surface area contributed by atoms with E-state index in [1.165, 1.54) is 68.9 Å². The lowest BCUT2D eigenvalue weighted by Gasteiger charge is -2.40. The molecule has 1 aliphatic heterocycles. The highest BCUT2D eigenvalue weighted by molar-refractivity contribution is 7.99. The van der Waals surface area contributed by atoms with Crippen molar-refractivity contribution in [1.29, 1.82) is 0 Å². The molecule has 0 N–H and O–H groups in total. The maximum absolute atomic E-state index is 2.49. The first-order chi connectivity index (χ1) is 30.9. The number of rotatable bonds is 6. The smallest absolute Gasteiger partial charge is 0.0796 e. The van der Waals surface area contributed by atoms with Crippen molar-refractivity contribution in [2.24, 2.45) is 0 Å². The van der Waals surface area contributed by atoms with Crippen molar-refractivity contribution in [3.8, 4) is 11.1 Å². The summed E-state index contributed by atoms with van der Waals surface area (Å²) in [5.41, 5.74) is 15.6. The van der Waals surface area contributed by atoms with E-state index in [-0.39, 0.29) is 5.41 Å². The Balaban J connectivity index is 1.15. The summed E-state index contributed by atoms with van der Waals surface area (Å²) in [5.74, 6) is 0. The van der Waals surface area contributed by atoms with Gasteiger partial charge in [-0.15, -0.1) is 11.3 Å². The van der Waals surface area contributed by atoms with Crippen LogP contribution in [-0.2, 0) is 10.8 Å². The molecule has 0 saturated carbocycles. The molecule has 0 unspecified atom stereocenters. The maximum atomic E-state index is 2.49. The Morgan fingerprint density at radius 1 is 0.413 bits per heavy atom. The number of thiophene rings is 1. The molecule has 2 aliphatic rings. The van der Waals surface area contributed by atoms with Crippen LogP contribution in [0.15, 0.2) is 222 Å². The van der Waals surface area contributed by atoms with Crippen molar-refractivity contribution in [2.75, 3.05) is 9.80 Å². The highest BCUT2D eigenvalue weighted by Gasteiger charge is 2.50. The fraction of sp³-hybridized carbons (Fsp3) is 0.0847. The zero-order chi connectivity index (χ0) is 42.3. The number of hydrogen-bond donors (Lipinski definition) is 0. The van der Waals surface area contributed by atoms with Crippen LogP contribution in [0, 0.1) is 0 Å². The molecule has 12 rings (SSSR count). The SMILES string of the molecule is CC(C)(C)c1ccc2c(c1)sc1ccc(N(c3ccccc3)c3ccc4c(c3)Sc3ccccc3C43c4ccccc4-c4ccccc43)c(N(c3ccccc3)c3ccccc3)c12. The molecule has 0 atom stereocenters. The maximum Gasteiger partial charge on any atom is 0.0796 e. The van der Waals surface area contributed by atoms with Gasteiger partial charge >= 0.3 is 0 Å². The Hall–Kier alpha value is -6.85. The molecule has 1 aromatic heterocycles. The van der Waals surface area contributed by atoms with E-state index in [9.17, 15) is 0 Å². The van der Waals surface area contributed by atoms with Crippen LogP contribution in [0.4, 0.5) is 34.1 Å². The first-order valence-corrected chi connectivity index (χ1v) is 23.4. The summed E-state index contributed by atoms with van der Waals surface area (Å²) in [7, 11) is 0. The minimum absolute atomic E-state index is 0.0365. The zero-order valence-corrected chi connectivity index (χ0v) is 37.1. The molecule has 0 fully saturated rings. The molecular weight excluding hydrogens is 801 g/mol. The van der Waals surface area contributed by atoms with Crippen LogP contribution in [0.5, 0.6) is 0 Å². The van der Waals surface area contributed by atoms with Crippen LogP contribution in [0.25, 0.3) is 31.3 Å². The molecule has 2 heterocycles. The van der Waals surface area contributed by atoms with Crippen molar-refractivity contribution in [1.82, 2.24) is 0 Å². The zero-order valence-electron chi connectivity index (χ0n) is 35.4. The number of nitrogens with zero attached hydrogens (tertiary/aromatic N) is 2. The van der Waals surface area contributed by atoms with Crippen LogP contribution < -0.4 is 9.80 Å². The summed E-state index contributed by atoms with van der Waals surface area (Å²) in [6, 6.07) is 78.9. The number of benzene rings is 9. The van der Waals surface area contributed by atoms with Crippen molar-refractivity contribution < 1.29 is 0 Å². The Morgan fingerprint density at radius 2 is 0.952 bits per heavy atom. The number of fused-ring (bicyclic) bond motifs is 12. The van der Waals surface area contributed by atoms with Gasteiger partial charge in [-0.05, 0) is 117 Å². The van der Waals surface area contributed by atoms with Gasteiger partial charge in [0.05, 0.1) is 16.8 Å². The van der Waals surface area contributed by atoms with Gasteiger partial charge in [0.2, 0.25) is 0 Å². The summed E-state index contributed by atoms with van der Waals surface area (Å²) in [5, 5.41) is 2.52. The lowest BCUT2D eigenvalue weighted by Crippen LogP contribution is -2.32. The fourth-order valence-corrected chi connectivity index (χ4v) is 12.6. The Morgan fingerprint density at radius 3 is 1.57 bits per heavy atom. The van der Waals surface area contributed by atoms with Gasteiger partial charge in [0.1, 0.15) is 0 Å². The molecule has 4 heteroatoms. The molecule has 63 heavy (non-hydrogen) atoms. The predicted molar refractivity (Wildman–Crippen MR) is 269 cm³/mol. The van der Waals surface area contributed by atoms with Gasteiger partial charge in [0.25, 0.3) is 0 Å². The predicted octanol–water partition coefficient (Wildman–Crippen LogP) is 17.1. The van der Waals surface area contributed by atoms with Crippen LogP contribution in [-0.4, -0.2) is 0 Å². The minimum Gasteiger partial charge on any atom is -0.308 e. The normalized spacial score (nSPS) is 13.4. The molecule has 10 aromatic rings. The summed E-state index contributed by atoms with van der Waals surface area (Å²) in [4.78, 5) is 7.52. The molecular formula is C59H44N2S2. The third kappa shape index (κ3) is 5.85. The molecule has 1 spiro atoms. The summed E-state index contributed by atoms with van der Waals surface area (Å²) < 4.78 is 2.56. The lowest BCUT2D eigenvalue weighted by molar-refractivity contribution is 0.591. The molecule has 0 amide bonds. The second-order valence-electron chi connectivity index (χ2n) is 17.7. The van der Waals surface area contributed by atoms with E-state index in [1.54, 1.807) is 0 Å². The summed E-state index contributed by atoms with van der Waals surface area (Å²) in [6.45, 7) is 6.91. The highest BCUT2D eigenvalue weighted by atomic mass is 32.2. The Kier molecular flexibility index (Phi) is 8.79. The van der Waals surface area contributed by atoms with Gasteiger partial charge in [0, 0.05) is 52.7 Å². The molecule has 9 aromatic carbocycles. The second-order valence-corrected chi connectivity index (χ2v) is 19.8. The van der Waals surface area contributed by atoms with E-state index < -0.39 is 5.41 Å². The molecule has 0 saturated heterocycles. The highest BCUT2D eigenvalue weighted by Crippen LogP contribution is 2.63. The van der Waals surface area contributed by atoms with E-state index in [0.29, 0.717) is 0 Å². The van der Waals surface area contributed by atoms with Crippen molar-refractivity contribution in [3.05, 3.63) is 240 Å². The average molecular weight is 845 g/mol. The average Bonchev–Trinajstić information content (AvgIpc) is 3.84. The second kappa shape index (κ2) is 14.6. The third-order valence-corrected chi connectivity index (χ3v) is 15.3. The van der Waals surface area contributed by atoms with Crippen LogP contribution >= 0.6 is 23.1 Å². The monoisotopic (exact) mass is 844 g/mol. The topological polar surface area (TPSA) is 6.48 Å². The lowest BCUT2D eigenvalue weighted by atomic mass is 9.67. The quantitative estimate of drug-likeness (QED) is 0.165. The van der Waals surface area contributed by atoms with Crippen molar-refractivity contribution >= 4 is 77.4 Å². The third-order valence-electron chi connectivity index (χ3n) is 13.1. The molecule has 0 radical (unpaired) electrons. The van der Waals surface area contributed by atoms with E-state index in [4.69, 9.17) is 0 Å². The van der Waals surface area contributed by atoms with Gasteiger partial charge in [0.15, 0.2) is 0 Å². The van der Waals surface area contributed by atoms with Gasteiger partial charge in [-0.1, -0.05) is 172 Å². The van der Waals surface area contributed by atoms with Gasteiger partial charge in [-0.3, -0.25) is 0 Å². The summed E-state index contributed by atoms with van der Waals surface area (Å²) in [6.07, 6.45) is 0. The van der Waals surface area contributed by atoms with Crippen LogP contribution in [0.3, 0.4) is 0 Å². The molecule has 2 nitrogen and oxygen atoms in total. The van der Waals surface area contributed by atoms with Gasteiger partial charge < -0.3 is 9.80 Å². The molecule has 0 bridgehead atoms. The fourth-order valence-electron chi connectivity index (χ4n) is 10.3. The number of anilines is 6. The number of para-hydroxylation sites is 3. The minimum atomic E-state index is -0.441. The molecule has 302 valence electrons. The Labute approximate surface area is 377 Å². The van der Waals surface area contributed by atoms with E-state index in [1.807, 2.05) is 23.1 Å². The first kappa shape index (κ1) is 37.9. The number of hydrogen-bond acceptors (Lipinski definition) is 4. The van der Waals surface area contributed by atoms with Crippen molar-refractivity contribution in [2.45, 2.75) is 41.4 Å². The van der Waals surface area contributed by atoms with Crippen LogP contribution in [0.1, 0.15) is 48.6 Å². The van der Waals surface area contributed by atoms with Crippen LogP contribution in [0.2, 0.25) is 0 Å². The van der Waals surface area contributed by atoms with Gasteiger partial charge in [-0.25, -0.2) is 0 Å². The Bertz CT molecular complexity index is 3280.